The number of amides is 1. The fourth-order valence-electron chi connectivity index (χ4n) is 6.10. The predicted octanol–water partition coefficient (Wildman–Crippen LogP) is 9.01. The maximum atomic E-state index is 12.9. The Morgan fingerprint density at radius 1 is 0.979 bits per heavy atom. The van der Waals surface area contributed by atoms with Crippen molar-refractivity contribution in [2.24, 2.45) is 10.4 Å². The van der Waals surface area contributed by atoms with Crippen molar-refractivity contribution in [3.05, 3.63) is 107 Å². The molecule has 0 spiro atoms. The summed E-state index contributed by atoms with van der Waals surface area (Å²) in [6, 6.07) is 23.5. The monoisotopic (exact) mass is 634 g/mol. The van der Waals surface area contributed by atoms with Crippen molar-refractivity contribution in [2.45, 2.75) is 85.7 Å². The highest BCUT2D eigenvalue weighted by atomic mass is 16.5. The first-order valence-corrected chi connectivity index (χ1v) is 16.3. The van der Waals surface area contributed by atoms with Crippen molar-refractivity contribution in [1.82, 2.24) is 5.32 Å². The Balaban J connectivity index is 1.48. The van der Waals surface area contributed by atoms with E-state index in [2.05, 4.69) is 31.0 Å². The molecule has 0 aliphatic heterocycles. The minimum Gasteiger partial charge on any atom is -0.490 e. The van der Waals surface area contributed by atoms with Gasteiger partial charge in [0, 0.05) is 52.9 Å². The van der Waals surface area contributed by atoms with E-state index in [0.717, 1.165) is 58.7 Å². The van der Waals surface area contributed by atoms with E-state index in [-0.39, 0.29) is 17.3 Å². The number of carbonyl (C=O) groups excluding carboxylic acids is 2. The topological polar surface area (TPSA) is 105 Å². The molecule has 1 aliphatic carbocycles. The van der Waals surface area contributed by atoms with E-state index in [0.29, 0.717) is 48.3 Å². The Labute approximate surface area is 278 Å². The molecule has 3 aromatic carbocycles. The highest BCUT2D eigenvalue weighted by Gasteiger charge is 2.36. The van der Waals surface area contributed by atoms with E-state index in [4.69, 9.17) is 14.8 Å². The number of ether oxygens (including phenoxy) is 1. The van der Waals surface area contributed by atoms with Crippen molar-refractivity contribution < 1.29 is 24.2 Å². The summed E-state index contributed by atoms with van der Waals surface area (Å²) in [6.45, 7) is 13.6. The summed E-state index contributed by atoms with van der Waals surface area (Å²) in [5.74, 6) is 1.12. The van der Waals surface area contributed by atoms with Crippen molar-refractivity contribution in [3.8, 4) is 16.9 Å². The van der Waals surface area contributed by atoms with Gasteiger partial charge in [0.2, 0.25) is 0 Å². The molecule has 4 rings (SSSR count). The summed E-state index contributed by atoms with van der Waals surface area (Å²) in [5, 5.41) is 11.5. The summed E-state index contributed by atoms with van der Waals surface area (Å²) in [7, 11) is 0. The van der Waals surface area contributed by atoms with E-state index in [1.165, 1.54) is 0 Å². The number of carboxylic acid groups (broad SMARTS) is 1. The van der Waals surface area contributed by atoms with Gasteiger partial charge >= 0.3 is 6.09 Å². The van der Waals surface area contributed by atoms with Gasteiger partial charge in [-0.15, -0.1) is 0 Å². The van der Waals surface area contributed by atoms with Crippen LogP contribution in [0.4, 0.5) is 4.79 Å². The van der Waals surface area contributed by atoms with Crippen LogP contribution >= 0.6 is 0 Å². The summed E-state index contributed by atoms with van der Waals surface area (Å²) in [4.78, 5) is 41.2. The van der Waals surface area contributed by atoms with Crippen molar-refractivity contribution in [3.63, 3.8) is 0 Å². The molecule has 1 amide bonds. The Hall–Kier alpha value is -4.78. The van der Waals surface area contributed by atoms with E-state index >= 15 is 0 Å². The van der Waals surface area contributed by atoms with Crippen LogP contribution in [0.2, 0.25) is 0 Å². The molecule has 0 saturated heterocycles. The van der Waals surface area contributed by atoms with Crippen LogP contribution < -0.4 is 10.1 Å². The number of Topliss-reactive ketones (excluding diaryl/α,β-unsaturated/α-hetero) is 2. The summed E-state index contributed by atoms with van der Waals surface area (Å²) in [6.07, 6.45) is 3.60. The van der Waals surface area contributed by atoms with Gasteiger partial charge < -0.3 is 9.84 Å². The third kappa shape index (κ3) is 9.61. The number of allylic oxidation sites excluding steroid dienone is 2. The Kier molecular flexibility index (Phi) is 11.7. The summed E-state index contributed by atoms with van der Waals surface area (Å²) in [5.41, 5.74) is 7.00. The van der Waals surface area contributed by atoms with Gasteiger partial charge in [-0.05, 0) is 67.5 Å². The molecule has 1 unspecified atom stereocenters. The van der Waals surface area contributed by atoms with E-state index in [1.54, 1.807) is 6.92 Å². The third-order valence-electron chi connectivity index (χ3n) is 8.61. The summed E-state index contributed by atoms with van der Waals surface area (Å²) >= 11 is 0. The molecule has 3 aromatic rings. The van der Waals surface area contributed by atoms with Gasteiger partial charge in [-0.25, -0.2) is 4.79 Å². The van der Waals surface area contributed by atoms with Crippen molar-refractivity contribution in [1.29, 1.82) is 0 Å². The molecule has 0 aromatic heterocycles. The number of nitrogens with one attached hydrogen (secondary N) is 1. The second-order valence-corrected chi connectivity index (χ2v) is 13.0. The molecule has 0 heterocycles. The summed E-state index contributed by atoms with van der Waals surface area (Å²) < 4.78 is 6.22. The van der Waals surface area contributed by atoms with Crippen LogP contribution in [0.15, 0.2) is 95.6 Å². The lowest BCUT2D eigenvalue weighted by Crippen LogP contribution is -2.37. The Morgan fingerprint density at radius 2 is 1.62 bits per heavy atom. The number of ketones is 2. The highest BCUT2D eigenvalue weighted by Crippen LogP contribution is 2.34. The maximum absolute atomic E-state index is 12.9. The van der Waals surface area contributed by atoms with E-state index in [9.17, 15) is 14.4 Å². The second-order valence-electron chi connectivity index (χ2n) is 13.0. The molecule has 1 aliphatic rings. The largest absolute Gasteiger partial charge is 0.490 e. The smallest absolute Gasteiger partial charge is 0.409 e. The lowest BCUT2D eigenvalue weighted by atomic mass is 9.75. The molecule has 0 radical (unpaired) electrons. The van der Waals surface area contributed by atoms with Crippen LogP contribution in [0, 0.1) is 5.41 Å². The molecule has 246 valence electrons. The first-order chi connectivity index (χ1) is 22.4. The van der Waals surface area contributed by atoms with Gasteiger partial charge in [0.15, 0.2) is 5.78 Å². The molecule has 7 nitrogen and oxygen atoms in total. The average Bonchev–Trinajstić information content (AvgIpc) is 3.02. The first-order valence-electron chi connectivity index (χ1n) is 16.3. The number of rotatable bonds is 13. The number of benzene rings is 3. The van der Waals surface area contributed by atoms with Crippen molar-refractivity contribution in [2.75, 3.05) is 0 Å². The fraction of sp³-hybridized carbons (Fsp3) is 0.350. The van der Waals surface area contributed by atoms with E-state index < -0.39 is 6.09 Å². The maximum Gasteiger partial charge on any atom is 0.409 e. The molecular weight excluding hydrogens is 588 g/mol. The second kappa shape index (κ2) is 15.7. The molecule has 7 heteroatoms. The first kappa shape index (κ1) is 35.1. The minimum absolute atomic E-state index is 0.00422. The molecule has 47 heavy (non-hydrogen) atoms. The van der Waals surface area contributed by atoms with Crippen molar-refractivity contribution >= 4 is 29.1 Å². The third-order valence-corrected chi connectivity index (χ3v) is 8.61. The predicted molar refractivity (Wildman–Crippen MR) is 189 cm³/mol. The number of aliphatic imine (C=N–C) groups is 1. The van der Waals surface area contributed by atoms with Crippen LogP contribution in [-0.2, 0) is 22.4 Å². The van der Waals surface area contributed by atoms with Gasteiger partial charge in [0.25, 0.3) is 0 Å². The zero-order valence-electron chi connectivity index (χ0n) is 28.2. The number of nitrogens with zero attached hydrogens (tertiary/aromatic N) is 1. The lowest BCUT2D eigenvalue weighted by Gasteiger charge is -2.33. The minimum atomic E-state index is -1.16. The molecule has 1 fully saturated rings. The van der Waals surface area contributed by atoms with Gasteiger partial charge in [-0.3, -0.25) is 19.9 Å². The van der Waals surface area contributed by atoms with Gasteiger partial charge in [-0.1, -0.05) is 94.4 Å². The van der Waals surface area contributed by atoms with Gasteiger partial charge in [-0.2, -0.15) is 0 Å². The lowest BCUT2D eigenvalue weighted by molar-refractivity contribution is -0.132. The molecular formula is C40H46N2O5. The average molecular weight is 635 g/mol. The van der Waals surface area contributed by atoms with Crippen LogP contribution in [0.5, 0.6) is 5.75 Å². The number of hydrogen-bond acceptors (Lipinski definition) is 5. The normalized spacial score (nSPS) is 16.7. The van der Waals surface area contributed by atoms with Crippen LogP contribution in [0.3, 0.4) is 0 Å². The SMILES string of the molecule is C=C(NC(=O)O)c1ccccc1-c1ccc(C/C(C(C)=O)=C(\CCC)N=C(C)Cc2ccc(OC3CCC(=O)C(C)(C)C3)cc2)cc1. The molecule has 1 saturated carbocycles. The van der Waals surface area contributed by atoms with Crippen LogP contribution in [0.1, 0.15) is 83.4 Å². The number of hydrogen-bond donors (Lipinski definition) is 2. The van der Waals surface area contributed by atoms with Gasteiger partial charge in [0.05, 0.1) is 0 Å². The quantitative estimate of drug-likeness (QED) is 0.144. The van der Waals surface area contributed by atoms with Crippen LogP contribution in [0.25, 0.3) is 16.8 Å². The number of carbonyl (C=O) groups is 3. The Morgan fingerprint density at radius 3 is 2.23 bits per heavy atom. The van der Waals surface area contributed by atoms with E-state index in [1.807, 2.05) is 81.4 Å². The fourth-order valence-corrected chi connectivity index (χ4v) is 6.10. The highest BCUT2D eigenvalue weighted by molar-refractivity contribution is 5.95. The van der Waals surface area contributed by atoms with Crippen LogP contribution in [-0.4, -0.2) is 34.6 Å². The molecule has 1 atom stereocenters. The Bertz CT molecular complexity index is 1680. The zero-order chi connectivity index (χ0) is 34.1. The molecule has 2 N–H and O–H groups in total. The van der Waals surface area contributed by atoms with Gasteiger partial charge in [0.1, 0.15) is 17.6 Å². The zero-order valence-corrected chi connectivity index (χ0v) is 28.2. The molecule has 0 bridgehead atoms. The standard InChI is InChI=1S/C40H46N2O5/c1-7-10-37(41-26(2)23-29-15-19-32(20-16-29)47-33-21-22-38(44)40(5,6)25-33)36(28(4)43)24-30-13-17-31(18-14-30)35-12-9-8-11-34(35)27(3)42-39(45)46/h8-9,11-20,33,42H,3,7,10,21-25H2,1-2,4-6H3,(H,45,46)/b37-36-,41-26?.